The van der Waals surface area contributed by atoms with Crippen molar-refractivity contribution in [1.82, 2.24) is 15.0 Å². The number of aromatic nitrogens is 2. The summed E-state index contributed by atoms with van der Waals surface area (Å²) in [6.07, 6.45) is 5.82. The van der Waals surface area contributed by atoms with Crippen LogP contribution in [0, 0.1) is 11.3 Å². The first kappa shape index (κ1) is 34.0. The maximum Gasteiger partial charge on any atom is 0.417 e. The number of methoxy groups -OCH3 is 1. The largest absolute Gasteiger partial charge is 0.490 e. The Morgan fingerprint density at radius 1 is 1.06 bits per heavy atom. The summed E-state index contributed by atoms with van der Waals surface area (Å²) in [5.41, 5.74) is 3.18. The van der Waals surface area contributed by atoms with Crippen LogP contribution in [0.2, 0.25) is 0 Å². The van der Waals surface area contributed by atoms with Gasteiger partial charge < -0.3 is 23.8 Å². The van der Waals surface area contributed by atoms with Crippen molar-refractivity contribution in [3.8, 4) is 17.0 Å². The van der Waals surface area contributed by atoms with E-state index in [1.807, 2.05) is 6.07 Å². The van der Waals surface area contributed by atoms with Crippen LogP contribution < -0.4 is 9.64 Å². The maximum absolute atomic E-state index is 14.0. The third-order valence-electron chi connectivity index (χ3n) is 11.7. The molecule has 0 radical (unpaired) electrons. The van der Waals surface area contributed by atoms with E-state index in [1.54, 1.807) is 31.2 Å². The van der Waals surface area contributed by atoms with Crippen LogP contribution in [0.1, 0.15) is 91.1 Å². The van der Waals surface area contributed by atoms with Gasteiger partial charge in [-0.25, -0.2) is 4.98 Å². The number of alkyl halides is 3. The lowest BCUT2D eigenvalue weighted by atomic mass is 9.56. The van der Waals surface area contributed by atoms with Crippen molar-refractivity contribution in [2.24, 2.45) is 11.3 Å². The molecule has 2 aromatic carbocycles. The van der Waals surface area contributed by atoms with Crippen molar-refractivity contribution >= 4 is 22.5 Å². The van der Waals surface area contributed by atoms with Crippen LogP contribution in [0.15, 0.2) is 53.1 Å². The highest BCUT2D eigenvalue weighted by atomic mass is 19.4. The number of hydrogen-bond donors (Lipinski definition) is 0. The molecule has 4 aliphatic rings. The van der Waals surface area contributed by atoms with E-state index in [0.717, 1.165) is 105 Å². The summed E-state index contributed by atoms with van der Waals surface area (Å²) in [6, 6.07) is 13.8. The van der Waals surface area contributed by atoms with Crippen molar-refractivity contribution in [2.45, 2.75) is 82.4 Å². The first-order valence-electron chi connectivity index (χ1n) is 18.4. The van der Waals surface area contributed by atoms with Gasteiger partial charge in [-0.1, -0.05) is 23.4 Å². The summed E-state index contributed by atoms with van der Waals surface area (Å²) in [6.45, 7) is 2.78. The minimum atomic E-state index is -4.46. The number of hydrogen-bond acceptors (Lipinski definition) is 7. The Labute approximate surface area is 296 Å². The molecule has 0 unspecified atom stereocenters. The monoisotopic (exact) mass is 702 g/mol. The summed E-state index contributed by atoms with van der Waals surface area (Å²) < 4.78 is 59.2. The van der Waals surface area contributed by atoms with Crippen molar-refractivity contribution < 1.29 is 32.0 Å². The van der Waals surface area contributed by atoms with E-state index in [9.17, 15) is 18.0 Å². The number of anilines is 1. The van der Waals surface area contributed by atoms with Gasteiger partial charge in [0.2, 0.25) is 0 Å². The van der Waals surface area contributed by atoms with Gasteiger partial charge in [0.15, 0.2) is 0 Å². The smallest absolute Gasteiger partial charge is 0.417 e. The number of carbonyl (C=O) groups excluding carboxylic acids is 1. The van der Waals surface area contributed by atoms with Gasteiger partial charge >= 0.3 is 6.18 Å². The highest BCUT2D eigenvalue weighted by Gasteiger charge is 2.47. The predicted molar refractivity (Wildman–Crippen MR) is 188 cm³/mol. The molecule has 8 rings (SSSR count). The van der Waals surface area contributed by atoms with E-state index in [2.05, 4.69) is 22.2 Å². The molecule has 1 spiro atoms. The molecule has 270 valence electrons. The zero-order valence-corrected chi connectivity index (χ0v) is 29.3. The molecule has 51 heavy (non-hydrogen) atoms. The highest BCUT2D eigenvalue weighted by Crippen LogP contribution is 2.55. The Morgan fingerprint density at radius 2 is 1.82 bits per heavy atom. The van der Waals surface area contributed by atoms with E-state index < -0.39 is 11.7 Å². The number of likely N-dealkylation sites (N-methyl/N-ethyl adjacent to an activating group) is 1. The van der Waals surface area contributed by atoms with Crippen molar-refractivity contribution in [1.29, 1.82) is 0 Å². The van der Waals surface area contributed by atoms with E-state index in [4.69, 9.17) is 19.0 Å². The molecular formula is C40H45F3N4O4. The van der Waals surface area contributed by atoms with E-state index in [0.29, 0.717) is 42.6 Å². The number of nitrogens with zero attached hydrogens (tertiary/aromatic N) is 4. The SMILES string of the molecule is COCCN(C)C(=O)c1cc(OC2CCC2)c2cc(N3CCC4(CC3)CC(Cc3c(-c5ccccc5C(F)(F)F)noc3C3CC3)C4)ccc2n1. The third kappa shape index (κ3) is 6.81. The number of carbonyl (C=O) groups is 1. The highest BCUT2D eigenvalue weighted by molar-refractivity contribution is 5.97. The van der Waals surface area contributed by atoms with Gasteiger partial charge in [0, 0.05) is 68.0 Å². The van der Waals surface area contributed by atoms with E-state index in [-0.39, 0.29) is 28.9 Å². The first-order valence-corrected chi connectivity index (χ1v) is 18.4. The average molecular weight is 703 g/mol. The number of rotatable bonds is 11. The third-order valence-corrected chi connectivity index (χ3v) is 11.7. The number of piperidine rings is 1. The Balaban J connectivity index is 0.957. The molecule has 1 saturated heterocycles. The van der Waals surface area contributed by atoms with Gasteiger partial charge in [-0.3, -0.25) is 4.79 Å². The molecule has 0 bridgehead atoms. The van der Waals surface area contributed by atoms with Crippen molar-refractivity contribution in [3.63, 3.8) is 0 Å². The zero-order valence-electron chi connectivity index (χ0n) is 29.3. The van der Waals surface area contributed by atoms with E-state index >= 15 is 0 Å². The average Bonchev–Trinajstić information content (AvgIpc) is 3.86. The quantitative estimate of drug-likeness (QED) is 0.155. The molecule has 3 aliphatic carbocycles. The lowest BCUT2D eigenvalue weighted by molar-refractivity contribution is -0.137. The molecule has 8 nitrogen and oxygen atoms in total. The fourth-order valence-corrected chi connectivity index (χ4v) is 8.36. The second-order valence-electron chi connectivity index (χ2n) is 15.3. The molecule has 4 fully saturated rings. The Kier molecular flexibility index (Phi) is 8.97. The van der Waals surface area contributed by atoms with Gasteiger partial charge in [-0.15, -0.1) is 0 Å². The molecule has 4 aromatic rings. The van der Waals surface area contributed by atoms with Crippen molar-refractivity contribution in [3.05, 3.63) is 71.1 Å². The molecule has 1 amide bonds. The van der Waals surface area contributed by atoms with Gasteiger partial charge in [0.1, 0.15) is 22.9 Å². The van der Waals surface area contributed by atoms with Crippen molar-refractivity contribution in [2.75, 3.05) is 45.3 Å². The Bertz CT molecular complexity index is 1900. The second-order valence-corrected chi connectivity index (χ2v) is 15.3. The van der Waals surface area contributed by atoms with E-state index in [1.165, 1.54) is 12.1 Å². The van der Waals surface area contributed by atoms with Gasteiger partial charge in [-0.05, 0) is 99.8 Å². The predicted octanol–water partition coefficient (Wildman–Crippen LogP) is 8.68. The lowest BCUT2D eigenvalue weighted by Gasteiger charge is -2.53. The number of halogens is 3. The molecular weight excluding hydrogens is 657 g/mol. The Hall–Kier alpha value is -4.12. The lowest BCUT2D eigenvalue weighted by Crippen LogP contribution is -2.47. The maximum atomic E-state index is 14.0. The molecule has 1 aliphatic heterocycles. The number of pyridine rings is 1. The minimum Gasteiger partial charge on any atom is -0.490 e. The molecule has 0 atom stereocenters. The van der Waals surface area contributed by atoms with Crippen LogP contribution in [-0.2, 0) is 17.3 Å². The van der Waals surface area contributed by atoms with Crippen LogP contribution in [0.3, 0.4) is 0 Å². The molecule has 3 heterocycles. The molecule has 11 heteroatoms. The summed E-state index contributed by atoms with van der Waals surface area (Å²) in [5.74, 6) is 2.00. The Morgan fingerprint density at radius 3 is 2.51 bits per heavy atom. The minimum absolute atomic E-state index is 0.113. The number of benzene rings is 2. The van der Waals surface area contributed by atoms with Crippen LogP contribution in [-0.4, -0.2) is 67.5 Å². The standard InChI is InChI=1S/C40H45F3N4O4/c1-46(18-19-49-2)38(48)34-22-35(50-28-6-5-7-28)30-21-27(12-13-33(30)44-34)47-16-14-39(15-17-47)23-25(24-39)20-31-36(45-51-37(31)26-10-11-26)29-8-3-4-9-32(29)40(41,42)43/h3-4,8-9,12-13,21-22,25-26,28H,5-7,10-11,14-20,23-24H2,1-2H3. The van der Waals surface area contributed by atoms with Gasteiger partial charge in [0.25, 0.3) is 5.91 Å². The zero-order chi connectivity index (χ0) is 35.3. The number of amides is 1. The summed E-state index contributed by atoms with van der Waals surface area (Å²) in [5, 5.41) is 5.16. The topological polar surface area (TPSA) is 80.9 Å². The molecule has 3 saturated carbocycles. The fraction of sp³-hybridized carbons (Fsp3) is 0.525. The first-order chi connectivity index (χ1) is 24.6. The number of fused-ring (bicyclic) bond motifs is 1. The van der Waals surface area contributed by atoms with Crippen LogP contribution in [0.4, 0.5) is 18.9 Å². The second kappa shape index (κ2) is 13.5. The summed E-state index contributed by atoms with van der Waals surface area (Å²) in [4.78, 5) is 22.0. The van der Waals surface area contributed by atoms with Crippen LogP contribution >= 0.6 is 0 Å². The number of ether oxygens (including phenoxy) is 2. The van der Waals surface area contributed by atoms with Crippen LogP contribution in [0.5, 0.6) is 5.75 Å². The fourth-order valence-electron chi connectivity index (χ4n) is 8.36. The van der Waals surface area contributed by atoms with Gasteiger partial charge in [-0.2, -0.15) is 13.2 Å². The normalized spacial score (nSPS) is 19.3. The molecule has 2 aromatic heterocycles. The van der Waals surface area contributed by atoms with Gasteiger partial charge in [0.05, 0.1) is 23.8 Å². The summed E-state index contributed by atoms with van der Waals surface area (Å²) >= 11 is 0. The molecule has 0 N–H and O–H groups in total. The van der Waals surface area contributed by atoms with Crippen LogP contribution in [0.25, 0.3) is 22.2 Å². The summed E-state index contributed by atoms with van der Waals surface area (Å²) in [7, 11) is 3.37.